The second-order valence-corrected chi connectivity index (χ2v) is 8.87. The van der Waals surface area contributed by atoms with E-state index in [4.69, 9.17) is 0 Å². The van der Waals surface area contributed by atoms with Crippen molar-refractivity contribution in [2.24, 2.45) is 5.92 Å². The molecule has 0 radical (unpaired) electrons. The lowest BCUT2D eigenvalue weighted by Crippen LogP contribution is -2.55. The number of halogens is 1. The van der Waals surface area contributed by atoms with Gasteiger partial charge >= 0.3 is 6.03 Å². The molecule has 8 heteroatoms. The monoisotopic (exact) mass is 468 g/mol. The molecule has 2 aromatic rings. The highest BCUT2D eigenvalue weighted by molar-refractivity contribution is 5.98. The van der Waals surface area contributed by atoms with Gasteiger partial charge in [-0.15, -0.1) is 0 Å². The van der Waals surface area contributed by atoms with Crippen molar-refractivity contribution < 1.29 is 18.8 Å². The summed E-state index contributed by atoms with van der Waals surface area (Å²) in [6.07, 6.45) is 1.83. The molecule has 4 amide bonds. The maximum atomic E-state index is 14.1. The Kier molecular flexibility index (Phi) is 8.62. The van der Waals surface area contributed by atoms with Crippen molar-refractivity contribution >= 4 is 23.5 Å². The molecule has 0 saturated carbocycles. The van der Waals surface area contributed by atoms with Crippen LogP contribution < -0.4 is 16.0 Å². The van der Waals surface area contributed by atoms with Crippen LogP contribution in [0.5, 0.6) is 0 Å². The third-order valence-electron chi connectivity index (χ3n) is 6.29. The van der Waals surface area contributed by atoms with E-state index >= 15 is 0 Å². The van der Waals surface area contributed by atoms with Crippen molar-refractivity contribution in [1.82, 2.24) is 15.5 Å². The summed E-state index contributed by atoms with van der Waals surface area (Å²) in [5.74, 6) is -1.73. The molecule has 1 aliphatic heterocycles. The molecule has 0 aliphatic carbocycles. The van der Waals surface area contributed by atoms with E-state index < -0.39 is 17.8 Å². The van der Waals surface area contributed by atoms with E-state index in [1.165, 1.54) is 18.2 Å². The zero-order chi connectivity index (χ0) is 24.7. The number of hydrogen-bond acceptors (Lipinski definition) is 3. The molecule has 182 valence electrons. The van der Waals surface area contributed by atoms with Crippen LogP contribution in [0.4, 0.5) is 14.9 Å². The fraction of sp³-hybridized carbons (Fsp3) is 0.423. The Hall–Kier alpha value is -3.42. The van der Waals surface area contributed by atoms with E-state index in [0.717, 1.165) is 17.7 Å². The number of likely N-dealkylation sites (tertiary alicyclic amines) is 1. The summed E-state index contributed by atoms with van der Waals surface area (Å²) >= 11 is 0. The molecule has 0 spiro atoms. The number of hydrogen-bond donors (Lipinski definition) is 3. The quantitative estimate of drug-likeness (QED) is 0.572. The summed E-state index contributed by atoms with van der Waals surface area (Å²) in [6.45, 7) is 6.74. The molecule has 3 rings (SSSR count). The number of aryl methyl sites for hydroxylation is 1. The standard InChI is InChI=1S/C26H33FN4O3/c1-4-18(3)28-25(33)23(30-24(32)21-7-5-6-8-22(21)27)19-13-15-31(16-14-19)26(34)29-20-11-9-17(2)10-12-20/h5-12,18-19,23H,4,13-16H2,1-3H3,(H,28,33)(H,29,34)(H,30,32)/t18-,23-/m0/s1. The molecular formula is C26H33FN4O3. The molecule has 0 aromatic heterocycles. The molecule has 1 heterocycles. The normalized spacial score (nSPS) is 15.8. The molecule has 3 N–H and O–H groups in total. The van der Waals surface area contributed by atoms with Gasteiger partial charge in [-0.25, -0.2) is 9.18 Å². The van der Waals surface area contributed by atoms with Crippen molar-refractivity contribution in [1.29, 1.82) is 0 Å². The van der Waals surface area contributed by atoms with Gasteiger partial charge in [0, 0.05) is 24.8 Å². The number of amides is 4. The second-order valence-electron chi connectivity index (χ2n) is 8.87. The number of benzene rings is 2. The minimum Gasteiger partial charge on any atom is -0.352 e. The Morgan fingerprint density at radius 2 is 1.68 bits per heavy atom. The van der Waals surface area contributed by atoms with E-state index in [1.807, 2.05) is 45.0 Å². The lowest BCUT2D eigenvalue weighted by molar-refractivity contribution is -0.125. The van der Waals surface area contributed by atoms with E-state index in [1.54, 1.807) is 11.0 Å². The zero-order valence-corrected chi connectivity index (χ0v) is 19.9. The van der Waals surface area contributed by atoms with E-state index in [9.17, 15) is 18.8 Å². The average molecular weight is 469 g/mol. The Morgan fingerprint density at radius 1 is 1.03 bits per heavy atom. The fourth-order valence-corrected chi connectivity index (χ4v) is 3.97. The van der Waals surface area contributed by atoms with Gasteiger partial charge in [-0.2, -0.15) is 0 Å². The van der Waals surface area contributed by atoms with Gasteiger partial charge in [-0.3, -0.25) is 9.59 Å². The van der Waals surface area contributed by atoms with Gasteiger partial charge in [0.2, 0.25) is 5.91 Å². The minimum absolute atomic E-state index is 0.0549. The zero-order valence-electron chi connectivity index (χ0n) is 19.9. The van der Waals surface area contributed by atoms with E-state index in [0.29, 0.717) is 25.9 Å². The Morgan fingerprint density at radius 3 is 2.29 bits per heavy atom. The smallest absolute Gasteiger partial charge is 0.321 e. The summed E-state index contributed by atoms with van der Waals surface area (Å²) in [5.41, 5.74) is 1.73. The molecule has 34 heavy (non-hydrogen) atoms. The predicted molar refractivity (Wildman–Crippen MR) is 130 cm³/mol. The van der Waals surface area contributed by atoms with Crippen LogP contribution in [0.3, 0.4) is 0 Å². The van der Waals surface area contributed by atoms with Gasteiger partial charge in [0.1, 0.15) is 11.9 Å². The van der Waals surface area contributed by atoms with Crippen molar-refractivity contribution in [3.63, 3.8) is 0 Å². The van der Waals surface area contributed by atoms with E-state index in [-0.39, 0.29) is 29.5 Å². The van der Waals surface area contributed by atoms with Crippen molar-refractivity contribution in [2.45, 2.75) is 52.1 Å². The van der Waals surface area contributed by atoms with Gasteiger partial charge < -0.3 is 20.9 Å². The number of anilines is 1. The number of nitrogens with zero attached hydrogens (tertiary/aromatic N) is 1. The van der Waals surface area contributed by atoms with Gasteiger partial charge in [-0.1, -0.05) is 36.8 Å². The molecular weight excluding hydrogens is 435 g/mol. The lowest BCUT2D eigenvalue weighted by atomic mass is 9.88. The Balaban J connectivity index is 1.66. The van der Waals surface area contributed by atoms with Crippen LogP contribution in [0.1, 0.15) is 49.0 Å². The maximum absolute atomic E-state index is 14.1. The fourth-order valence-electron chi connectivity index (χ4n) is 3.97. The predicted octanol–water partition coefficient (Wildman–Crippen LogP) is 4.09. The topological polar surface area (TPSA) is 90.5 Å². The molecule has 2 atom stereocenters. The van der Waals surface area contributed by atoms with Crippen LogP contribution in [0.15, 0.2) is 48.5 Å². The first kappa shape index (κ1) is 25.2. The Labute approximate surface area is 200 Å². The third-order valence-corrected chi connectivity index (χ3v) is 6.29. The molecule has 2 aromatic carbocycles. The summed E-state index contributed by atoms with van der Waals surface area (Å²) in [4.78, 5) is 40.2. The van der Waals surface area contributed by atoms with Crippen LogP contribution in [-0.4, -0.2) is 47.9 Å². The van der Waals surface area contributed by atoms with Crippen LogP contribution in [0.25, 0.3) is 0 Å². The van der Waals surface area contributed by atoms with Crippen LogP contribution in [0.2, 0.25) is 0 Å². The summed E-state index contributed by atoms with van der Waals surface area (Å²) in [6, 6.07) is 12.2. The first-order valence-corrected chi connectivity index (χ1v) is 11.8. The van der Waals surface area contributed by atoms with Gasteiger partial charge in [-0.05, 0) is 63.3 Å². The molecule has 1 fully saturated rings. The van der Waals surface area contributed by atoms with Gasteiger partial charge in [0.25, 0.3) is 5.91 Å². The van der Waals surface area contributed by atoms with Crippen molar-refractivity contribution in [2.75, 3.05) is 18.4 Å². The van der Waals surface area contributed by atoms with Gasteiger partial charge in [0.05, 0.1) is 5.56 Å². The number of nitrogens with one attached hydrogen (secondary N) is 3. The molecule has 1 aliphatic rings. The molecule has 0 unspecified atom stereocenters. The molecule has 7 nitrogen and oxygen atoms in total. The van der Waals surface area contributed by atoms with E-state index in [2.05, 4.69) is 16.0 Å². The number of rotatable bonds is 7. The van der Waals surface area contributed by atoms with Crippen molar-refractivity contribution in [3.8, 4) is 0 Å². The third kappa shape index (κ3) is 6.56. The second kappa shape index (κ2) is 11.6. The SMILES string of the molecule is CC[C@H](C)NC(=O)[C@@H](NC(=O)c1ccccc1F)C1CCN(C(=O)Nc2ccc(C)cc2)CC1. The van der Waals surface area contributed by atoms with Crippen molar-refractivity contribution in [3.05, 3.63) is 65.5 Å². The summed E-state index contributed by atoms with van der Waals surface area (Å²) in [7, 11) is 0. The highest BCUT2D eigenvalue weighted by atomic mass is 19.1. The number of carbonyl (C=O) groups is 3. The number of carbonyl (C=O) groups excluding carboxylic acids is 3. The lowest BCUT2D eigenvalue weighted by Gasteiger charge is -2.36. The average Bonchev–Trinajstić information content (AvgIpc) is 2.84. The highest BCUT2D eigenvalue weighted by Gasteiger charge is 2.34. The number of piperidine rings is 1. The first-order chi connectivity index (χ1) is 16.3. The molecule has 0 bridgehead atoms. The summed E-state index contributed by atoms with van der Waals surface area (Å²) < 4.78 is 14.1. The highest BCUT2D eigenvalue weighted by Crippen LogP contribution is 2.23. The largest absolute Gasteiger partial charge is 0.352 e. The molecule has 1 saturated heterocycles. The maximum Gasteiger partial charge on any atom is 0.321 e. The van der Waals surface area contributed by atoms with Crippen LogP contribution in [0, 0.1) is 18.7 Å². The first-order valence-electron chi connectivity index (χ1n) is 11.8. The number of urea groups is 1. The van der Waals surface area contributed by atoms with Crippen LogP contribution >= 0.6 is 0 Å². The summed E-state index contributed by atoms with van der Waals surface area (Å²) in [5, 5.41) is 8.58. The van der Waals surface area contributed by atoms with Crippen LogP contribution in [-0.2, 0) is 4.79 Å². The Bertz CT molecular complexity index is 1000. The van der Waals surface area contributed by atoms with Gasteiger partial charge in [0.15, 0.2) is 0 Å². The minimum atomic E-state index is -0.816.